The summed E-state index contributed by atoms with van der Waals surface area (Å²) < 4.78 is 13.1. The second-order valence-electron chi connectivity index (χ2n) is 2.43. The van der Waals surface area contributed by atoms with Crippen molar-refractivity contribution in [3.63, 3.8) is 0 Å². The largest absolute Gasteiger partial charge is 0.392 e. The minimum Gasteiger partial charge on any atom is -0.392 e. The summed E-state index contributed by atoms with van der Waals surface area (Å²) in [6.07, 6.45) is 0. The van der Waals surface area contributed by atoms with E-state index in [-0.39, 0.29) is 27.8 Å². The number of rotatable bonds is 1. The fraction of sp³-hybridized carbons (Fsp3) is 0.250. The molecule has 0 spiro atoms. The molecule has 12 heavy (non-hydrogen) atoms. The van der Waals surface area contributed by atoms with E-state index in [0.29, 0.717) is 0 Å². The third kappa shape index (κ3) is 1.56. The summed E-state index contributed by atoms with van der Waals surface area (Å²) in [4.78, 5) is 0. The Morgan fingerprint density at radius 1 is 1.50 bits per heavy atom. The van der Waals surface area contributed by atoms with Crippen molar-refractivity contribution in [3.8, 4) is 0 Å². The Morgan fingerprint density at radius 3 is 2.58 bits per heavy atom. The molecule has 0 aliphatic rings. The highest BCUT2D eigenvalue weighted by Gasteiger charge is 2.11. The van der Waals surface area contributed by atoms with Crippen LogP contribution in [0.5, 0.6) is 0 Å². The SMILES string of the molecule is Cc1c(F)c(CO)cc(Cl)c1Cl. The molecule has 0 saturated heterocycles. The first-order chi connectivity index (χ1) is 5.57. The smallest absolute Gasteiger partial charge is 0.133 e. The van der Waals surface area contributed by atoms with E-state index in [1.165, 1.54) is 13.0 Å². The molecule has 0 radical (unpaired) electrons. The zero-order valence-electron chi connectivity index (χ0n) is 6.37. The van der Waals surface area contributed by atoms with Crippen molar-refractivity contribution in [1.29, 1.82) is 0 Å². The van der Waals surface area contributed by atoms with Gasteiger partial charge in [-0.25, -0.2) is 4.39 Å². The Hall–Kier alpha value is -0.310. The van der Waals surface area contributed by atoms with Crippen LogP contribution in [0, 0.1) is 12.7 Å². The zero-order chi connectivity index (χ0) is 9.30. The van der Waals surface area contributed by atoms with Gasteiger partial charge in [0.15, 0.2) is 0 Å². The molecule has 4 heteroatoms. The molecule has 0 aliphatic heterocycles. The number of halogens is 3. The molecule has 1 aromatic carbocycles. The number of aliphatic hydroxyl groups excluding tert-OH is 1. The molecule has 1 N–H and O–H groups in total. The van der Waals surface area contributed by atoms with E-state index in [1.807, 2.05) is 0 Å². The molecule has 0 aliphatic carbocycles. The Kier molecular flexibility index (Phi) is 2.94. The second kappa shape index (κ2) is 3.60. The van der Waals surface area contributed by atoms with Crippen LogP contribution in [0.2, 0.25) is 10.0 Å². The first-order valence-corrected chi connectivity index (χ1v) is 4.07. The first-order valence-electron chi connectivity index (χ1n) is 3.31. The van der Waals surface area contributed by atoms with Crippen LogP contribution in [0.25, 0.3) is 0 Å². The predicted octanol–water partition coefficient (Wildman–Crippen LogP) is 2.93. The highest BCUT2D eigenvalue weighted by atomic mass is 35.5. The molecule has 1 aromatic rings. The molecular weight excluding hydrogens is 202 g/mol. The highest BCUT2D eigenvalue weighted by molar-refractivity contribution is 6.42. The third-order valence-electron chi connectivity index (χ3n) is 1.62. The van der Waals surface area contributed by atoms with E-state index >= 15 is 0 Å². The van der Waals surface area contributed by atoms with Gasteiger partial charge in [0.2, 0.25) is 0 Å². The van der Waals surface area contributed by atoms with Gasteiger partial charge in [-0.2, -0.15) is 0 Å². The van der Waals surface area contributed by atoms with E-state index < -0.39 is 5.82 Å². The molecule has 0 unspecified atom stereocenters. The molecule has 0 bridgehead atoms. The molecule has 0 atom stereocenters. The summed E-state index contributed by atoms with van der Waals surface area (Å²) in [5.41, 5.74) is 0.440. The predicted molar refractivity (Wildman–Crippen MR) is 47.1 cm³/mol. The molecule has 0 saturated carbocycles. The molecular formula is C8H7Cl2FO. The van der Waals surface area contributed by atoms with Crippen molar-refractivity contribution in [2.24, 2.45) is 0 Å². The van der Waals surface area contributed by atoms with Crippen molar-refractivity contribution < 1.29 is 9.50 Å². The van der Waals surface area contributed by atoms with Crippen molar-refractivity contribution in [2.45, 2.75) is 13.5 Å². The molecule has 0 aromatic heterocycles. The van der Waals surface area contributed by atoms with Gasteiger partial charge in [0, 0.05) is 11.1 Å². The quantitative estimate of drug-likeness (QED) is 0.705. The monoisotopic (exact) mass is 208 g/mol. The maximum Gasteiger partial charge on any atom is 0.133 e. The Morgan fingerprint density at radius 2 is 2.08 bits per heavy atom. The van der Waals surface area contributed by atoms with Gasteiger partial charge in [-0.15, -0.1) is 0 Å². The summed E-state index contributed by atoms with van der Waals surface area (Å²) in [7, 11) is 0. The van der Waals surface area contributed by atoms with Crippen molar-refractivity contribution in [2.75, 3.05) is 0 Å². The Bertz CT molecular complexity index is 312. The van der Waals surface area contributed by atoms with Gasteiger partial charge in [0.25, 0.3) is 0 Å². The molecule has 1 rings (SSSR count). The summed E-state index contributed by atoms with van der Waals surface area (Å²) in [5, 5.41) is 9.18. The molecule has 66 valence electrons. The van der Waals surface area contributed by atoms with Crippen LogP contribution < -0.4 is 0 Å². The Balaban J connectivity index is 3.39. The lowest BCUT2D eigenvalue weighted by Gasteiger charge is -2.06. The van der Waals surface area contributed by atoms with E-state index in [4.69, 9.17) is 28.3 Å². The maximum atomic E-state index is 13.1. The van der Waals surface area contributed by atoms with Crippen LogP contribution in [0.15, 0.2) is 6.07 Å². The minimum atomic E-state index is -0.494. The third-order valence-corrected chi connectivity index (χ3v) is 2.50. The standard InChI is InChI=1S/C8H7Cl2FO/c1-4-7(10)6(9)2-5(3-12)8(4)11/h2,12H,3H2,1H3. The molecule has 0 heterocycles. The van der Waals surface area contributed by atoms with E-state index in [1.54, 1.807) is 0 Å². The van der Waals surface area contributed by atoms with Gasteiger partial charge in [-0.1, -0.05) is 23.2 Å². The van der Waals surface area contributed by atoms with Crippen molar-refractivity contribution in [3.05, 3.63) is 33.1 Å². The first kappa shape index (κ1) is 9.78. The van der Waals surface area contributed by atoms with Gasteiger partial charge >= 0.3 is 0 Å². The molecule has 0 fully saturated rings. The molecule has 1 nitrogen and oxygen atoms in total. The minimum absolute atomic E-state index is 0.168. The van der Waals surface area contributed by atoms with Crippen molar-refractivity contribution >= 4 is 23.2 Å². The average molecular weight is 209 g/mol. The van der Waals surface area contributed by atoms with E-state index in [9.17, 15) is 4.39 Å². The fourth-order valence-electron chi connectivity index (χ4n) is 0.911. The van der Waals surface area contributed by atoms with Crippen LogP contribution in [-0.2, 0) is 6.61 Å². The van der Waals surface area contributed by atoms with Crippen LogP contribution in [0.3, 0.4) is 0 Å². The fourth-order valence-corrected chi connectivity index (χ4v) is 1.32. The van der Waals surface area contributed by atoms with Crippen molar-refractivity contribution in [1.82, 2.24) is 0 Å². The maximum absolute atomic E-state index is 13.1. The van der Waals surface area contributed by atoms with Crippen LogP contribution in [0.1, 0.15) is 11.1 Å². The normalized spacial score (nSPS) is 10.4. The van der Waals surface area contributed by atoms with Gasteiger partial charge in [-0.05, 0) is 13.0 Å². The summed E-state index contributed by atoms with van der Waals surface area (Å²) in [6, 6.07) is 1.33. The Labute approximate surface area is 79.7 Å². The van der Waals surface area contributed by atoms with Gasteiger partial charge in [-0.3, -0.25) is 0 Å². The summed E-state index contributed by atoms with van der Waals surface area (Å²) >= 11 is 11.3. The number of hydrogen-bond acceptors (Lipinski definition) is 1. The lowest BCUT2D eigenvalue weighted by molar-refractivity contribution is 0.275. The lowest BCUT2D eigenvalue weighted by Crippen LogP contribution is -1.94. The van der Waals surface area contributed by atoms with E-state index in [0.717, 1.165) is 0 Å². The average Bonchev–Trinajstić information content (AvgIpc) is 2.08. The number of benzene rings is 1. The lowest BCUT2D eigenvalue weighted by atomic mass is 10.1. The molecule has 0 amide bonds. The van der Waals surface area contributed by atoms with Gasteiger partial charge in [0.05, 0.1) is 16.7 Å². The van der Waals surface area contributed by atoms with E-state index in [2.05, 4.69) is 0 Å². The summed E-state index contributed by atoms with van der Waals surface area (Å²) in [5.74, 6) is -0.494. The number of aliphatic hydroxyl groups is 1. The van der Waals surface area contributed by atoms with Crippen LogP contribution in [0.4, 0.5) is 4.39 Å². The van der Waals surface area contributed by atoms with Crippen LogP contribution in [-0.4, -0.2) is 5.11 Å². The van der Waals surface area contributed by atoms with Gasteiger partial charge < -0.3 is 5.11 Å². The van der Waals surface area contributed by atoms with Gasteiger partial charge in [0.1, 0.15) is 5.82 Å². The topological polar surface area (TPSA) is 20.2 Å². The zero-order valence-corrected chi connectivity index (χ0v) is 7.88. The highest BCUT2D eigenvalue weighted by Crippen LogP contribution is 2.29. The summed E-state index contributed by atoms with van der Waals surface area (Å²) in [6.45, 7) is 1.15. The second-order valence-corrected chi connectivity index (χ2v) is 3.21. The van der Waals surface area contributed by atoms with Crippen LogP contribution >= 0.6 is 23.2 Å². The number of hydrogen-bond donors (Lipinski definition) is 1.